The molecule has 1 fully saturated rings. The van der Waals surface area contributed by atoms with E-state index in [1.165, 1.54) is 24.3 Å². The third-order valence-electron chi connectivity index (χ3n) is 5.74. The lowest BCUT2D eigenvalue weighted by Gasteiger charge is -2.16. The molecular formula is C26H26N4O5S. The predicted molar refractivity (Wildman–Crippen MR) is 137 cm³/mol. The predicted octanol–water partition coefficient (Wildman–Crippen LogP) is 3.23. The molecule has 1 saturated heterocycles. The number of rotatable bonds is 8. The number of hydrogen-bond donors (Lipinski definition) is 3. The number of benzene rings is 3. The molecule has 10 heteroatoms. The van der Waals surface area contributed by atoms with Crippen LogP contribution in [-0.2, 0) is 19.6 Å². The van der Waals surface area contributed by atoms with Gasteiger partial charge in [0.25, 0.3) is 5.91 Å². The zero-order valence-electron chi connectivity index (χ0n) is 19.6. The molecule has 0 radical (unpaired) electrons. The van der Waals surface area contributed by atoms with Crippen LogP contribution >= 0.6 is 0 Å². The Morgan fingerprint density at radius 1 is 0.889 bits per heavy atom. The van der Waals surface area contributed by atoms with Crippen LogP contribution in [0.2, 0.25) is 0 Å². The van der Waals surface area contributed by atoms with Gasteiger partial charge in [-0.25, -0.2) is 13.1 Å². The number of hydrogen-bond acceptors (Lipinski definition) is 5. The standard InChI is InChI=1S/C26H26N4O5S/c1-2-27-36(34,35)23-14-12-21(13-15-23)28-25(32)18-8-10-20(11-9-18)29-26(33)19-16-24(31)30(17-19)22-6-4-3-5-7-22/h3-15,19,27H,2,16-17H2,1H3,(H,28,32)(H,29,33). The van der Waals surface area contributed by atoms with E-state index in [9.17, 15) is 22.8 Å². The number of carbonyl (C=O) groups excluding carboxylic acids is 3. The molecular weight excluding hydrogens is 480 g/mol. The van der Waals surface area contributed by atoms with Gasteiger partial charge in [-0.05, 0) is 60.7 Å². The fourth-order valence-electron chi connectivity index (χ4n) is 3.88. The molecule has 1 heterocycles. The summed E-state index contributed by atoms with van der Waals surface area (Å²) in [7, 11) is -3.57. The largest absolute Gasteiger partial charge is 0.326 e. The second kappa shape index (κ2) is 10.7. The highest BCUT2D eigenvalue weighted by Crippen LogP contribution is 2.26. The van der Waals surface area contributed by atoms with E-state index in [-0.39, 0.29) is 35.6 Å². The van der Waals surface area contributed by atoms with Crippen molar-refractivity contribution in [3.8, 4) is 0 Å². The number of amides is 3. The van der Waals surface area contributed by atoms with Gasteiger partial charge in [-0.15, -0.1) is 0 Å². The number of para-hydroxylation sites is 1. The van der Waals surface area contributed by atoms with Crippen LogP contribution in [0.4, 0.5) is 17.1 Å². The highest BCUT2D eigenvalue weighted by molar-refractivity contribution is 7.89. The van der Waals surface area contributed by atoms with Crippen LogP contribution in [0.15, 0.2) is 83.8 Å². The highest BCUT2D eigenvalue weighted by atomic mass is 32.2. The van der Waals surface area contributed by atoms with Crippen molar-refractivity contribution in [2.75, 3.05) is 28.6 Å². The van der Waals surface area contributed by atoms with Crippen molar-refractivity contribution >= 4 is 44.8 Å². The van der Waals surface area contributed by atoms with Crippen molar-refractivity contribution in [1.29, 1.82) is 0 Å². The van der Waals surface area contributed by atoms with Gasteiger partial charge in [-0.1, -0.05) is 25.1 Å². The Morgan fingerprint density at radius 3 is 2.14 bits per heavy atom. The molecule has 3 N–H and O–H groups in total. The summed E-state index contributed by atoms with van der Waals surface area (Å²) < 4.78 is 26.5. The summed E-state index contributed by atoms with van der Waals surface area (Å²) in [6, 6.07) is 21.5. The summed E-state index contributed by atoms with van der Waals surface area (Å²) in [5, 5.41) is 5.53. The molecule has 0 saturated carbocycles. The van der Waals surface area contributed by atoms with Crippen molar-refractivity contribution < 1.29 is 22.8 Å². The first-order chi connectivity index (χ1) is 17.3. The van der Waals surface area contributed by atoms with Gasteiger partial charge in [0, 0.05) is 42.1 Å². The molecule has 4 rings (SSSR count). The van der Waals surface area contributed by atoms with E-state index in [0.29, 0.717) is 23.5 Å². The average molecular weight is 507 g/mol. The molecule has 0 spiro atoms. The average Bonchev–Trinajstić information content (AvgIpc) is 3.27. The zero-order chi connectivity index (χ0) is 25.7. The first kappa shape index (κ1) is 25.1. The van der Waals surface area contributed by atoms with Crippen molar-refractivity contribution in [2.24, 2.45) is 5.92 Å². The normalized spacial score (nSPS) is 15.5. The smallest absolute Gasteiger partial charge is 0.255 e. The fourth-order valence-corrected chi connectivity index (χ4v) is 4.93. The lowest BCUT2D eigenvalue weighted by Crippen LogP contribution is -2.28. The van der Waals surface area contributed by atoms with E-state index < -0.39 is 15.9 Å². The molecule has 1 unspecified atom stereocenters. The van der Waals surface area contributed by atoms with Gasteiger partial charge in [-0.2, -0.15) is 0 Å². The Balaban J connectivity index is 1.34. The summed E-state index contributed by atoms with van der Waals surface area (Å²) in [5.41, 5.74) is 2.09. The number of nitrogens with zero attached hydrogens (tertiary/aromatic N) is 1. The SMILES string of the molecule is CCNS(=O)(=O)c1ccc(NC(=O)c2ccc(NC(=O)C3CC(=O)N(c4ccccc4)C3)cc2)cc1. The Hall–Kier alpha value is -4.02. The summed E-state index contributed by atoms with van der Waals surface area (Å²) in [5.74, 6) is -1.21. The lowest BCUT2D eigenvalue weighted by atomic mass is 10.1. The topological polar surface area (TPSA) is 125 Å². The van der Waals surface area contributed by atoms with Gasteiger partial charge in [-0.3, -0.25) is 14.4 Å². The maximum Gasteiger partial charge on any atom is 0.255 e. The molecule has 3 amide bonds. The molecule has 186 valence electrons. The lowest BCUT2D eigenvalue weighted by molar-refractivity contribution is -0.122. The molecule has 1 aliphatic heterocycles. The molecule has 1 aliphatic rings. The van der Waals surface area contributed by atoms with Gasteiger partial charge in [0.2, 0.25) is 21.8 Å². The van der Waals surface area contributed by atoms with E-state index in [1.807, 2.05) is 30.3 Å². The Morgan fingerprint density at radius 2 is 1.50 bits per heavy atom. The number of nitrogens with one attached hydrogen (secondary N) is 3. The van der Waals surface area contributed by atoms with E-state index in [0.717, 1.165) is 5.69 Å². The van der Waals surface area contributed by atoms with Gasteiger partial charge in [0.15, 0.2) is 0 Å². The zero-order valence-corrected chi connectivity index (χ0v) is 20.4. The molecule has 9 nitrogen and oxygen atoms in total. The third kappa shape index (κ3) is 5.78. The van der Waals surface area contributed by atoms with E-state index in [1.54, 1.807) is 36.1 Å². The van der Waals surface area contributed by atoms with Crippen LogP contribution in [0.5, 0.6) is 0 Å². The quantitative estimate of drug-likeness (QED) is 0.433. The molecule has 1 atom stereocenters. The number of carbonyl (C=O) groups is 3. The van der Waals surface area contributed by atoms with Crippen molar-refractivity contribution in [3.05, 3.63) is 84.4 Å². The summed E-state index contributed by atoms with van der Waals surface area (Å²) in [6.07, 6.45) is 0.135. The van der Waals surface area contributed by atoms with E-state index in [2.05, 4.69) is 15.4 Å². The molecule has 0 aliphatic carbocycles. The molecule has 0 bridgehead atoms. The van der Waals surface area contributed by atoms with Gasteiger partial charge in [0.1, 0.15) is 0 Å². The number of anilines is 3. The van der Waals surface area contributed by atoms with Crippen LogP contribution in [0.1, 0.15) is 23.7 Å². The Bertz CT molecular complexity index is 1360. The molecule has 36 heavy (non-hydrogen) atoms. The van der Waals surface area contributed by atoms with Crippen LogP contribution < -0.4 is 20.3 Å². The second-order valence-corrected chi connectivity index (χ2v) is 10.1. The Kier molecular flexibility index (Phi) is 7.47. The van der Waals surface area contributed by atoms with Crippen LogP contribution in [-0.4, -0.2) is 39.2 Å². The van der Waals surface area contributed by atoms with Crippen molar-refractivity contribution in [2.45, 2.75) is 18.2 Å². The minimum atomic E-state index is -3.57. The molecule has 3 aromatic carbocycles. The van der Waals surface area contributed by atoms with E-state index in [4.69, 9.17) is 0 Å². The van der Waals surface area contributed by atoms with Gasteiger partial charge < -0.3 is 15.5 Å². The second-order valence-electron chi connectivity index (χ2n) is 8.29. The molecule has 0 aromatic heterocycles. The van der Waals surface area contributed by atoms with Crippen LogP contribution in [0.3, 0.4) is 0 Å². The minimum Gasteiger partial charge on any atom is -0.326 e. The monoisotopic (exact) mass is 506 g/mol. The Labute approximate surface area is 209 Å². The summed E-state index contributed by atoms with van der Waals surface area (Å²) >= 11 is 0. The summed E-state index contributed by atoms with van der Waals surface area (Å²) in [4.78, 5) is 39.4. The fraction of sp³-hybridized carbons (Fsp3) is 0.192. The molecule has 3 aromatic rings. The van der Waals surface area contributed by atoms with E-state index >= 15 is 0 Å². The van der Waals surface area contributed by atoms with Crippen LogP contribution in [0.25, 0.3) is 0 Å². The maximum absolute atomic E-state index is 12.7. The first-order valence-electron chi connectivity index (χ1n) is 11.4. The van der Waals surface area contributed by atoms with Gasteiger partial charge in [0.05, 0.1) is 10.8 Å². The van der Waals surface area contributed by atoms with Crippen molar-refractivity contribution in [3.63, 3.8) is 0 Å². The highest BCUT2D eigenvalue weighted by Gasteiger charge is 2.35. The van der Waals surface area contributed by atoms with Crippen LogP contribution in [0, 0.1) is 5.92 Å². The summed E-state index contributed by atoms with van der Waals surface area (Å²) in [6.45, 7) is 2.28. The maximum atomic E-state index is 12.7. The first-order valence-corrected chi connectivity index (χ1v) is 12.9. The van der Waals surface area contributed by atoms with Crippen molar-refractivity contribution in [1.82, 2.24) is 4.72 Å². The third-order valence-corrected chi connectivity index (χ3v) is 7.30. The number of sulfonamides is 1. The minimum absolute atomic E-state index is 0.0966. The van der Waals surface area contributed by atoms with Gasteiger partial charge >= 0.3 is 0 Å².